The number of carbonyl (C=O) groups excluding carboxylic acids is 3. The lowest BCUT2D eigenvalue weighted by atomic mass is 10.1. The molecule has 0 radical (unpaired) electrons. The first-order valence-corrected chi connectivity index (χ1v) is 8.03. The monoisotopic (exact) mass is 332 g/mol. The molecular formula is C17H24N4O3. The molecule has 0 bridgehead atoms. The number of hydrogen-bond acceptors (Lipinski definition) is 4. The van der Waals surface area contributed by atoms with Gasteiger partial charge in [0, 0.05) is 40.2 Å². The third-order valence-electron chi connectivity index (χ3n) is 4.07. The minimum absolute atomic E-state index is 0.0818. The van der Waals surface area contributed by atoms with Gasteiger partial charge in [-0.3, -0.25) is 19.3 Å². The van der Waals surface area contributed by atoms with Gasteiger partial charge >= 0.3 is 0 Å². The average molecular weight is 332 g/mol. The molecule has 0 aromatic heterocycles. The van der Waals surface area contributed by atoms with Crippen LogP contribution >= 0.6 is 0 Å². The van der Waals surface area contributed by atoms with Gasteiger partial charge in [0.25, 0.3) is 0 Å². The van der Waals surface area contributed by atoms with Crippen LogP contribution < -0.4 is 10.6 Å². The maximum atomic E-state index is 12.3. The molecule has 1 heterocycles. The van der Waals surface area contributed by atoms with Gasteiger partial charge in [-0.15, -0.1) is 0 Å². The minimum atomic E-state index is -0.547. The SMILES string of the molecule is CNC(=O)[C@@H]1CN(Cc2ccccc2)CCN1C(=O)CNC(C)=O. The van der Waals surface area contributed by atoms with E-state index in [1.165, 1.54) is 12.5 Å². The Hall–Kier alpha value is -2.41. The Morgan fingerprint density at radius 2 is 1.88 bits per heavy atom. The highest BCUT2D eigenvalue weighted by molar-refractivity contribution is 5.90. The molecule has 2 rings (SSSR count). The number of amides is 3. The molecule has 0 saturated carbocycles. The van der Waals surface area contributed by atoms with Gasteiger partial charge in [-0.1, -0.05) is 30.3 Å². The summed E-state index contributed by atoms with van der Waals surface area (Å²) >= 11 is 0. The zero-order valence-corrected chi connectivity index (χ0v) is 14.1. The van der Waals surface area contributed by atoms with E-state index in [2.05, 4.69) is 15.5 Å². The van der Waals surface area contributed by atoms with E-state index >= 15 is 0 Å². The first-order chi connectivity index (χ1) is 11.5. The summed E-state index contributed by atoms with van der Waals surface area (Å²) in [5, 5.41) is 5.12. The topological polar surface area (TPSA) is 81.8 Å². The van der Waals surface area contributed by atoms with Crippen molar-refractivity contribution in [2.75, 3.05) is 33.2 Å². The van der Waals surface area contributed by atoms with E-state index < -0.39 is 6.04 Å². The molecule has 130 valence electrons. The highest BCUT2D eigenvalue weighted by atomic mass is 16.2. The van der Waals surface area contributed by atoms with Crippen LogP contribution in [0.3, 0.4) is 0 Å². The maximum absolute atomic E-state index is 12.3. The zero-order chi connectivity index (χ0) is 17.5. The number of piperazine rings is 1. The van der Waals surface area contributed by atoms with Crippen molar-refractivity contribution < 1.29 is 14.4 Å². The van der Waals surface area contributed by atoms with Crippen LogP contribution in [0.2, 0.25) is 0 Å². The molecule has 24 heavy (non-hydrogen) atoms. The van der Waals surface area contributed by atoms with Gasteiger partial charge < -0.3 is 15.5 Å². The first-order valence-electron chi connectivity index (χ1n) is 8.03. The Balaban J connectivity index is 2.02. The molecule has 0 aliphatic carbocycles. The van der Waals surface area contributed by atoms with Crippen LogP contribution in [0, 0.1) is 0 Å². The normalized spacial score (nSPS) is 18.1. The van der Waals surface area contributed by atoms with Crippen molar-refractivity contribution in [3.63, 3.8) is 0 Å². The second-order valence-corrected chi connectivity index (χ2v) is 5.85. The van der Waals surface area contributed by atoms with Crippen molar-refractivity contribution in [3.8, 4) is 0 Å². The van der Waals surface area contributed by atoms with Crippen LogP contribution in [-0.4, -0.2) is 66.8 Å². The van der Waals surface area contributed by atoms with Gasteiger partial charge in [0.1, 0.15) is 6.04 Å². The van der Waals surface area contributed by atoms with Crippen molar-refractivity contribution in [2.24, 2.45) is 0 Å². The second kappa shape index (κ2) is 8.44. The number of carbonyl (C=O) groups is 3. The van der Waals surface area contributed by atoms with Gasteiger partial charge in [-0.05, 0) is 5.56 Å². The molecule has 1 aromatic carbocycles. The Labute approximate surface area is 142 Å². The lowest BCUT2D eigenvalue weighted by molar-refractivity contribution is -0.143. The van der Waals surface area contributed by atoms with E-state index in [-0.39, 0.29) is 24.3 Å². The van der Waals surface area contributed by atoms with Crippen molar-refractivity contribution >= 4 is 17.7 Å². The summed E-state index contributed by atoms with van der Waals surface area (Å²) in [6.45, 7) is 3.64. The summed E-state index contributed by atoms with van der Waals surface area (Å²) in [5.74, 6) is -0.690. The van der Waals surface area contributed by atoms with E-state index in [1.54, 1.807) is 11.9 Å². The number of nitrogens with one attached hydrogen (secondary N) is 2. The molecule has 2 N–H and O–H groups in total. The standard InChI is InChI=1S/C17H24N4O3/c1-13(22)19-10-16(23)21-9-8-20(12-15(21)17(24)18-2)11-14-6-4-3-5-7-14/h3-7,15H,8-12H2,1-2H3,(H,18,24)(H,19,22)/t15-/m0/s1. The van der Waals surface area contributed by atoms with E-state index in [0.29, 0.717) is 19.6 Å². The van der Waals surface area contributed by atoms with E-state index in [4.69, 9.17) is 0 Å². The largest absolute Gasteiger partial charge is 0.357 e. The molecule has 7 heteroatoms. The van der Waals surface area contributed by atoms with Gasteiger partial charge in [0.2, 0.25) is 17.7 Å². The summed E-state index contributed by atoms with van der Waals surface area (Å²) in [6, 6.07) is 9.48. The number of hydrogen-bond donors (Lipinski definition) is 2. The molecule has 1 saturated heterocycles. The highest BCUT2D eigenvalue weighted by Crippen LogP contribution is 2.14. The Kier molecular flexibility index (Phi) is 6.31. The van der Waals surface area contributed by atoms with Crippen LogP contribution in [0.5, 0.6) is 0 Å². The third-order valence-corrected chi connectivity index (χ3v) is 4.07. The molecule has 1 fully saturated rings. The molecular weight excluding hydrogens is 308 g/mol. The van der Waals surface area contributed by atoms with Gasteiger partial charge in [-0.25, -0.2) is 0 Å². The summed E-state index contributed by atoms with van der Waals surface area (Å²) in [6.07, 6.45) is 0. The van der Waals surface area contributed by atoms with Crippen molar-refractivity contribution in [2.45, 2.75) is 19.5 Å². The minimum Gasteiger partial charge on any atom is -0.357 e. The summed E-state index contributed by atoms with van der Waals surface area (Å²) < 4.78 is 0. The van der Waals surface area contributed by atoms with Gasteiger partial charge in [0.15, 0.2) is 0 Å². The van der Waals surface area contributed by atoms with E-state index in [1.807, 2.05) is 30.3 Å². The predicted molar refractivity (Wildman–Crippen MR) is 90.0 cm³/mol. The number of benzene rings is 1. The number of likely N-dealkylation sites (N-methyl/N-ethyl adjacent to an activating group) is 1. The molecule has 1 aromatic rings. The van der Waals surface area contributed by atoms with E-state index in [0.717, 1.165) is 6.54 Å². The smallest absolute Gasteiger partial charge is 0.243 e. The quantitative estimate of drug-likeness (QED) is 0.767. The van der Waals surface area contributed by atoms with Crippen LogP contribution in [0.4, 0.5) is 0 Å². The fourth-order valence-electron chi connectivity index (χ4n) is 2.82. The third kappa shape index (κ3) is 4.79. The van der Waals surface area contributed by atoms with Crippen molar-refractivity contribution in [1.82, 2.24) is 20.4 Å². The Morgan fingerprint density at radius 3 is 2.50 bits per heavy atom. The van der Waals surface area contributed by atoms with Crippen LogP contribution in [0.15, 0.2) is 30.3 Å². The van der Waals surface area contributed by atoms with Gasteiger partial charge in [0.05, 0.1) is 6.54 Å². The fourth-order valence-corrected chi connectivity index (χ4v) is 2.82. The molecule has 0 spiro atoms. The Morgan fingerprint density at radius 1 is 1.17 bits per heavy atom. The van der Waals surface area contributed by atoms with Crippen molar-refractivity contribution in [1.29, 1.82) is 0 Å². The Bertz CT molecular complexity index is 591. The lowest BCUT2D eigenvalue weighted by Crippen LogP contribution is -2.61. The average Bonchev–Trinajstić information content (AvgIpc) is 2.59. The van der Waals surface area contributed by atoms with Crippen LogP contribution in [0.25, 0.3) is 0 Å². The van der Waals surface area contributed by atoms with Crippen molar-refractivity contribution in [3.05, 3.63) is 35.9 Å². The lowest BCUT2D eigenvalue weighted by Gasteiger charge is -2.40. The predicted octanol–water partition coefficient (Wildman–Crippen LogP) is -0.418. The highest BCUT2D eigenvalue weighted by Gasteiger charge is 2.34. The summed E-state index contributed by atoms with van der Waals surface area (Å²) in [4.78, 5) is 39.2. The molecule has 1 atom stereocenters. The summed E-state index contributed by atoms with van der Waals surface area (Å²) in [7, 11) is 1.56. The number of nitrogens with zero attached hydrogens (tertiary/aromatic N) is 2. The second-order valence-electron chi connectivity index (χ2n) is 5.85. The number of rotatable bonds is 5. The molecule has 1 aliphatic heterocycles. The maximum Gasteiger partial charge on any atom is 0.243 e. The fraction of sp³-hybridized carbons (Fsp3) is 0.471. The molecule has 0 unspecified atom stereocenters. The van der Waals surface area contributed by atoms with E-state index in [9.17, 15) is 14.4 Å². The van der Waals surface area contributed by atoms with Crippen LogP contribution in [0.1, 0.15) is 12.5 Å². The first kappa shape index (κ1) is 17.9. The molecule has 3 amide bonds. The molecule has 1 aliphatic rings. The van der Waals surface area contributed by atoms with Gasteiger partial charge in [-0.2, -0.15) is 0 Å². The molecule has 7 nitrogen and oxygen atoms in total. The zero-order valence-electron chi connectivity index (χ0n) is 14.1. The van der Waals surface area contributed by atoms with Crippen LogP contribution in [-0.2, 0) is 20.9 Å². The summed E-state index contributed by atoms with van der Waals surface area (Å²) in [5.41, 5.74) is 1.17.